The number of benzene rings is 2. The van der Waals surface area contributed by atoms with Gasteiger partial charge in [0.15, 0.2) is 11.5 Å². The maximum absolute atomic E-state index is 14.2. The van der Waals surface area contributed by atoms with Gasteiger partial charge in [0.1, 0.15) is 5.49 Å². The number of carbonyl (C=O) groups excluding carboxylic acids is 1. The van der Waals surface area contributed by atoms with Crippen LogP contribution >= 0.6 is 0 Å². The molecule has 0 bridgehead atoms. The number of hydrogen-bond donors (Lipinski definition) is 2. The zero-order chi connectivity index (χ0) is 27.8. The van der Waals surface area contributed by atoms with E-state index in [4.69, 9.17) is 20.2 Å². The smallest absolute Gasteiger partial charge is 0.330 e. The summed E-state index contributed by atoms with van der Waals surface area (Å²) in [5, 5.41) is 2.82. The number of methoxy groups -OCH3 is 2. The van der Waals surface area contributed by atoms with Gasteiger partial charge >= 0.3 is 11.7 Å². The molecule has 2 aromatic carbocycles. The van der Waals surface area contributed by atoms with Crippen molar-refractivity contribution in [3.05, 3.63) is 68.6 Å². The van der Waals surface area contributed by atoms with Crippen molar-refractivity contribution in [1.29, 1.82) is 0 Å². The van der Waals surface area contributed by atoms with Crippen LogP contribution in [0.3, 0.4) is 0 Å². The molecule has 9 nitrogen and oxygen atoms in total. The van der Waals surface area contributed by atoms with Gasteiger partial charge < -0.3 is 20.5 Å². The first kappa shape index (κ1) is 26.6. The van der Waals surface area contributed by atoms with Crippen molar-refractivity contribution in [3.63, 3.8) is 0 Å². The molecule has 0 spiro atoms. The van der Waals surface area contributed by atoms with Crippen LogP contribution in [-0.2, 0) is 13.0 Å². The van der Waals surface area contributed by atoms with Crippen molar-refractivity contribution in [1.82, 2.24) is 14.5 Å². The highest BCUT2D eigenvalue weighted by molar-refractivity contribution is 5.72. The summed E-state index contributed by atoms with van der Waals surface area (Å²) < 4.78 is 14.9. The number of aryl methyl sites for hydroxylation is 4. The van der Waals surface area contributed by atoms with Crippen molar-refractivity contribution in [3.8, 4) is 22.8 Å². The second-order valence-corrected chi connectivity index (χ2v) is 10.7. The van der Waals surface area contributed by atoms with E-state index in [0.717, 1.165) is 59.3 Å². The molecule has 2 heterocycles. The van der Waals surface area contributed by atoms with Crippen molar-refractivity contribution in [2.45, 2.75) is 71.5 Å². The number of rotatable bonds is 5. The molecule has 0 saturated heterocycles. The number of primary amides is 1. The van der Waals surface area contributed by atoms with Crippen LogP contribution in [0, 0.1) is 20.8 Å². The molecule has 0 unspecified atom stereocenters. The average molecular weight is 532 g/mol. The molecule has 2 amide bonds. The Labute approximate surface area is 228 Å². The molecule has 206 valence electrons. The van der Waals surface area contributed by atoms with E-state index in [-0.39, 0.29) is 17.8 Å². The first-order valence-electron chi connectivity index (χ1n) is 13.5. The number of aromatic nitrogens is 2. The number of ether oxygens (including phenoxy) is 2. The predicted molar refractivity (Wildman–Crippen MR) is 151 cm³/mol. The summed E-state index contributed by atoms with van der Waals surface area (Å²) in [6, 6.07) is 9.72. The van der Waals surface area contributed by atoms with E-state index < -0.39 is 6.03 Å². The lowest BCUT2D eigenvalue weighted by molar-refractivity contribution is 0.233. The minimum Gasteiger partial charge on any atom is -0.493 e. The average Bonchev–Trinajstić information content (AvgIpc) is 2.90. The van der Waals surface area contributed by atoms with Gasteiger partial charge in [0.25, 0.3) is 0 Å². The molecule has 0 radical (unpaired) electrons. The van der Waals surface area contributed by atoms with E-state index >= 15 is 0 Å². The van der Waals surface area contributed by atoms with Crippen molar-refractivity contribution >= 4 is 11.7 Å². The van der Waals surface area contributed by atoms with E-state index in [9.17, 15) is 9.59 Å². The summed E-state index contributed by atoms with van der Waals surface area (Å²) in [5.74, 6) is 1.30. The number of amides is 2. The van der Waals surface area contributed by atoms with E-state index in [1.807, 2.05) is 27.3 Å². The van der Waals surface area contributed by atoms with Crippen LogP contribution in [0.15, 0.2) is 40.1 Å². The standard InChI is InChI=1S/C30H37N5O4/c1-17-12-18(2)28(19(3)13-17)33-27-16-24-23-15-26(39-5)25(38-4)14-20(23)10-11-34(24)30(37)35(27)22-8-6-21(7-9-22)32-29(31)36/h12-16,21-22H,6-11H2,1-5H3,(H3,31,32,36). The normalized spacial score (nSPS) is 18.7. The zero-order valence-electron chi connectivity index (χ0n) is 23.3. The fourth-order valence-electron chi connectivity index (χ4n) is 6.21. The molecular formula is C30H37N5O4. The SMILES string of the molecule is COc1cc2c(cc1OC)-c1cc(=Nc3c(C)cc(C)cc3C)n(C3CCC(NC(N)=O)CC3)c(=O)n1CC2. The predicted octanol–water partition coefficient (Wildman–Crippen LogP) is 4.20. The summed E-state index contributed by atoms with van der Waals surface area (Å²) in [7, 11) is 3.25. The molecule has 9 heteroatoms. The second-order valence-electron chi connectivity index (χ2n) is 10.7. The largest absolute Gasteiger partial charge is 0.493 e. The number of nitrogens with two attached hydrogens (primary N) is 1. The molecule has 2 aliphatic rings. The van der Waals surface area contributed by atoms with Gasteiger partial charge in [0.2, 0.25) is 0 Å². The number of urea groups is 1. The summed E-state index contributed by atoms with van der Waals surface area (Å²) >= 11 is 0. The van der Waals surface area contributed by atoms with Crippen LogP contribution < -0.4 is 31.7 Å². The Balaban J connectivity index is 1.71. The molecule has 1 aliphatic heterocycles. The van der Waals surface area contributed by atoms with Crippen LogP contribution in [0.25, 0.3) is 11.3 Å². The van der Waals surface area contributed by atoms with Gasteiger partial charge in [-0.15, -0.1) is 0 Å². The lowest BCUT2D eigenvalue weighted by Crippen LogP contribution is -2.47. The van der Waals surface area contributed by atoms with Crippen LogP contribution in [0.4, 0.5) is 10.5 Å². The topological polar surface area (TPSA) is 113 Å². The number of carbonyl (C=O) groups is 1. The van der Waals surface area contributed by atoms with Crippen LogP contribution in [0.2, 0.25) is 0 Å². The van der Waals surface area contributed by atoms with Crippen LogP contribution in [0.5, 0.6) is 11.5 Å². The minimum atomic E-state index is -0.508. The maximum atomic E-state index is 14.2. The summed E-state index contributed by atoms with van der Waals surface area (Å²) in [6.07, 6.45) is 3.72. The molecule has 1 aliphatic carbocycles. The highest BCUT2D eigenvalue weighted by atomic mass is 16.5. The Kier molecular flexibility index (Phi) is 7.25. The van der Waals surface area contributed by atoms with Gasteiger partial charge in [-0.05, 0) is 81.7 Å². The molecule has 39 heavy (non-hydrogen) atoms. The Morgan fingerprint density at radius 3 is 2.23 bits per heavy atom. The Morgan fingerprint density at radius 2 is 1.62 bits per heavy atom. The number of nitrogens with zero attached hydrogens (tertiary/aromatic N) is 3. The van der Waals surface area contributed by atoms with Crippen molar-refractivity contribution < 1.29 is 14.3 Å². The van der Waals surface area contributed by atoms with E-state index in [1.54, 1.807) is 14.2 Å². The van der Waals surface area contributed by atoms with Gasteiger partial charge in [0, 0.05) is 30.3 Å². The fraction of sp³-hybridized carbons (Fsp3) is 0.433. The second kappa shape index (κ2) is 10.6. The van der Waals surface area contributed by atoms with Gasteiger partial charge in [-0.2, -0.15) is 0 Å². The third kappa shape index (κ3) is 5.05. The zero-order valence-corrected chi connectivity index (χ0v) is 23.3. The van der Waals surface area contributed by atoms with E-state index in [0.29, 0.717) is 30.0 Å². The van der Waals surface area contributed by atoms with Crippen molar-refractivity contribution in [2.75, 3.05) is 14.2 Å². The lowest BCUT2D eigenvalue weighted by Gasteiger charge is -2.31. The summed E-state index contributed by atoms with van der Waals surface area (Å²) in [4.78, 5) is 30.7. The minimum absolute atomic E-state index is 0.0241. The van der Waals surface area contributed by atoms with Crippen LogP contribution in [-0.4, -0.2) is 35.4 Å². The number of nitrogens with one attached hydrogen (secondary N) is 1. The molecule has 1 fully saturated rings. The first-order valence-corrected chi connectivity index (χ1v) is 13.5. The number of fused-ring (bicyclic) bond motifs is 3. The van der Waals surface area contributed by atoms with Gasteiger partial charge in [0.05, 0.1) is 25.6 Å². The summed E-state index contributed by atoms with van der Waals surface area (Å²) in [5.41, 5.74) is 13.0. The fourth-order valence-corrected chi connectivity index (χ4v) is 6.21. The Hall–Kier alpha value is -4.01. The van der Waals surface area contributed by atoms with E-state index in [1.165, 1.54) is 5.56 Å². The maximum Gasteiger partial charge on any atom is 0.330 e. The molecule has 1 saturated carbocycles. The molecular weight excluding hydrogens is 494 g/mol. The summed E-state index contributed by atoms with van der Waals surface area (Å²) in [6.45, 7) is 6.76. The molecule has 5 rings (SSSR count). The van der Waals surface area contributed by atoms with Gasteiger partial charge in [-0.25, -0.2) is 14.6 Å². The first-order chi connectivity index (χ1) is 18.7. The van der Waals surface area contributed by atoms with Crippen molar-refractivity contribution in [2.24, 2.45) is 10.7 Å². The Bertz CT molecular complexity index is 1540. The third-order valence-electron chi connectivity index (χ3n) is 8.00. The highest BCUT2D eigenvalue weighted by Crippen LogP contribution is 2.38. The monoisotopic (exact) mass is 531 g/mol. The molecule has 3 N–H and O–H groups in total. The lowest BCUT2D eigenvalue weighted by atomic mass is 9.91. The third-order valence-corrected chi connectivity index (χ3v) is 8.00. The molecule has 3 aromatic rings. The number of hydrogen-bond acceptors (Lipinski definition) is 5. The Morgan fingerprint density at radius 1 is 0.974 bits per heavy atom. The van der Waals surface area contributed by atoms with Crippen LogP contribution in [0.1, 0.15) is 54.0 Å². The van der Waals surface area contributed by atoms with Gasteiger partial charge in [-0.3, -0.25) is 9.13 Å². The highest BCUT2D eigenvalue weighted by Gasteiger charge is 2.28. The molecule has 0 atom stereocenters. The van der Waals surface area contributed by atoms with E-state index in [2.05, 4.69) is 38.2 Å². The van der Waals surface area contributed by atoms with Gasteiger partial charge in [-0.1, -0.05) is 17.7 Å². The molecule has 1 aromatic heterocycles. The quantitative estimate of drug-likeness (QED) is 0.514.